The first-order chi connectivity index (χ1) is 18.6. The third kappa shape index (κ3) is 5.27. The summed E-state index contributed by atoms with van der Waals surface area (Å²) in [5, 5.41) is 20.7. The Morgan fingerprint density at radius 3 is 2.50 bits per heavy atom. The number of aromatic nitrogens is 3. The van der Waals surface area contributed by atoms with Gasteiger partial charge in [0.2, 0.25) is 16.9 Å². The number of nitriles is 1. The Bertz CT molecular complexity index is 1630. The number of rotatable bonds is 8. The molecule has 188 valence electrons. The number of hydrogen-bond donors (Lipinski definition) is 2. The second-order valence-corrected chi connectivity index (χ2v) is 9.38. The van der Waals surface area contributed by atoms with E-state index in [4.69, 9.17) is 20.8 Å². The zero-order chi connectivity index (χ0) is 26.5. The molecule has 0 bridgehead atoms. The molecule has 8 nitrogen and oxygen atoms in total. The second-order valence-electron chi connectivity index (χ2n) is 8.00. The van der Waals surface area contributed by atoms with Crippen molar-refractivity contribution in [1.29, 1.82) is 5.26 Å². The summed E-state index contributed by atoms with van der Waals surface area (Å²) in [6.45, 7) is 0. The van der Waals surface area contributed by atoms with Gasteiger partial charge in [0.25, 0.3) is 0 Å². The van der Waals surface area contributed by atoms with Gasteiger partial charge in [-0.25, -0.2) is 4.98 Å². The molecule has 5 aromatic rings. The van der Waals surface area contributed by atoms with Gasteiger partial charge in [0.05, 0.1) is 18.4 Å². The fourth-order valence-electron chi connectivity index (χ4n) is 3.89. The molecule has 0 radical (unpaired) electrons. The van der Waals surface area contributed by atoms with Crippen LogP contribution >= 0.6 is 23.4 Å². The normalized spacial score (nSPS) is 10.7. The number of H-pyrrole nitrogens is 1. The second kappa shape index (κ2) is 11.3. The maximum absolute atomic E-state index is 12.9. The molecule has 0 spiro atoms. The number of methoxy groups -OCH3 is 1. The Morgan fingerprint density at radius 2 is 1.82 bits per heavy atom. The van der Waals surface area contributed by atoms with E-state index in [1.165, 1.54) is 0 Å². The van der Waals surface area contributed by atoms with Gasteiger partial charge < -0.3 is 9.15 Å². The fraction of sp³-hybridized carbons (Fsp3) is 0.0714. The van der Waals surface area contributed by atoms with Crippen molar-refractivity contribution in [2.24, 2.45) is 0 Å². The number of nitrogens with zero attached hydrogens (tertiary/aromatic N) is 3. The highest BCUT2D eigenvalue weighted by Gasteiger charge is 2.24. The third-order valence-corrected chi connectivity index (χ3v) is 6.67. The van der Waals surface area contributed by atoms with Gasteiger partial charge >= 0.3 is 0 Å². The van der Waals surface area contributed by atoms with E-state index in [1.54, 1.807) is 25.3 Å². The van der Waals surface area contributed by atoms with Gasteiger partial charge in [0.1, 0.15) is 23.1 Å². The zero-order valence-corrected chi connectivity index (χ0v) is 21.6. The number of furan rings is 1. The van der Waals surface area contributed by atoms with Crippen LogP contribution in [0.1, 0.15) is 5.56 Å². The van der Waals surface area contributed by atoms with E-state index in [0.29, 0.717) is 38.6 Å². The van der Waals surface area contributed by atoms with Crippen LogP contribution in [0.5, 0.6) is 5.75 Å². The summed E-state index contributed by atoms with van der Waals surface area (Å²) >= 11 is 7.25. The minimum absolute atomic E-state index is 0.00309. The van der Waals surface area contributed by atoms with Crippen LogP contribution in [0, 0.1) is 11.3 Å². The minimum atomic E-state index is -0.369. The highest BCUT2D eigenvalue weighted by Crippen LogP contribution is 2.41. The Morgan fingerprint density at radius 1 is 1.11 bits per heavy atom. The monoisotopic (exact) mass is 541 g/mol. The highest BCUT2D eigenvalue weighted by atomic mass is 35.5. The van der Waals surface area contributed by atoms with Gasteiger partial charge in [-0.1, -0.05) is 84.0 Å². The largest absolute Gasteiger partial charge is 0.496 e. The Kier molecular flexibility index (Phi) is 7.45. The Balaban J connectivity index is 1.36. The number of carbonyl (C=O) groups excluding carboxylic acids is 1. The molecule has 0 aliphatic carbocycles. The summed E-state index contributed by atoms with van der Waals surface area (Å²) < 4.78 is 11.4. The number of thioether (sulfide) groups is 1. The standard InChI is InChI=1S/C28H20ClN5O3S/c1-36-22-13-12-19(29)14-20(22)26-32-28(34-33-26)38-16-23(35)31-27-21(15-30)24(17-8-4-2-5-9-17)25(37-27)18-10-6-3-7-11-18/h2-14H,16H2,1H3,(H,31,35)(H,32,33,34). The lowest BCUT2D eigenvalue weighted by Crippen LogP contribution is -2.14. The van der Waals surface area contributed by atoms with Crippen molar-refractivity contribution in [3.63, 3.8) is 0 Å². The lowest BCUT2D eigenvalue weighted by molar-refractivity contribution is -0.113. The van der Waals surface area contributed by atoms with Gasteiger partial charge in [0, 0.05) is 16.1 Å². The van der Waals surface area contributed by atoms with Gasteiger partial charge in [0.15, 0.2) is 5.82 Å². The van der Waals surface area contributed by atoms with Crippen LogP contribution in [0.4, 0.5) is 5.88 Å². The van der Waals surface area contributed by atoms with E-state index in [0.717, 1.165) is 22.9 Å². The van der Waals surface area contributed by atoms with E-state index < -0.39 is 0 Å². The summed E-state index contributed by atoms with van der Waals surface area (Å²) in [4.78, 5) is 17.3. The molecular weight excluding hydrogens is 522 g/mol. The summed E-state index contributed by atoms with van der Waals surface area (Å²) in [6.07, 6.45) is 0. The molecule has 2 N–H and O–H groups in total. The lowest BCUT2D eigenvalue weighted by Gasteiger charge is -2.05. The molecule has 2 aromatic heterocycles. The lowest BCUT2D eigenvalue weighted by atomic mass is 9.98. The summed E-state index contributed by atoms with van der Waals surface area (Å²) in [5.41, 5.74) is 3.13. The van der Waals surface area contributed by atoms with Crippen molar-refractivity contribution >= 4 is 35.2 Å². The maximum atomic E-state index is 12.9. The molecule has 0 fully saturated rings. The van der Waals surface area contributed by atoms with E-state index >= 15 is 0 Å². The third-order valence-electron chi connectivity index (χ3n) is 5.59. The fourth-order valence-corrected chi connectivity index (χ4v) is 4.66. The predicted octanol–water partition coefficient (Wildman–Crippen LogP) is 6.66. The topological polar surface area (TPSA) is 117 Å². The van der Waals surface area contributed by atoms with Crippen LogP contribution < -0.4 is 10.1 Å². The molecule has 5 rings (SSSR count). The van der Waals surface area contributed by atoms with Gasteiger partial charge in [-0.3, -0.25) is 15.2 Å². The number of nitrogens with one attached hydrogen (secondary N) is 2. The molecule has 0 unspecified atom stereocenters. The van der Waals surface area contributed by atoms with E-state index in [1.807, 2.05) is 60.7 Å². The van der Waals surface area contributed by atoms with Crippen molar-refractivity contribution in [2.45, 2.75) is 5.16 Å². The minimum Gasteiger partial charge on any atom is -0.496 e. The van der Waals surface area contributed by atoms with Crippen LogP contribution in [0.15, 0.2) is 88.4 Å². The van der Waals surface area contributed by atoms with E-state index in [-0.39, 0.29) is 23.1 Å². The van der Waals surface area contributed by atoms with Gasteiger partial charge in [-0.05, 0) is 23.8 Å². The summed E-state index contributed by atoms with van der Waals surface area (Å²) in [6, 6.07) is 26.3. The van der Waals surface area contributed by atoms with Crippen LogP contribution in [0.2, 0.25) is 5.02 Å². The van der Waals surface area contributed by atoms with Crippen LogP contribution in [-0.2, 0) is 4.79 Å². The van der Waals surface area contributed by atoms with E-state index in [9.17, 15) is 10.1 Å². The van der Waals surface area contributed by atoms with Gasteiger partial charge in [-0.2, -0.15) is 5.26 Å². The van der Waals surface area contributed by atoms with Crippen molar-refractivity contribution in [2.75, 3.05) is 18.2 Å². The highest BCUT2D eigenvalue weighted by molar-refractivity contribution is 7.99. The smallest absolute Gasteiger partial charge is 0.237 e. The molecule has 3 aromatic carbocycles. The zero-order valence-electron chi connectivity index (χ0n) is 20.1. The molecule has 2 heterocycles. The number of carbonyl (C=O) groups is 1. The molecule has 1 amide bonds. The van der Waals surface area contributed by atoms with Gasteiger partial charge in [-0.15, -0.1) is 5.10 Å². The van der Waals surface area contributed by atoms with Crippen LogP contribution in [-0.4, -0.2) is 34.0 Å². The summed E-state index contributed by atoms with van der Waals surface area (Å²) in [7, 11) is 1.56. The molecule has 10 heteroatoms. The predicted molar refractivity (Wildman–Crippen MR) is 147 cm³/mol. The number of halogens is 1. The van der Waals surface area contributed by atoms with Crippen molar-refractivity contribution in [3.05, 3.63) is 89.4 Å². The van der Waals surface area contributed by atoms with Crippen LogP contribution in [0.25, 0.3) is 33.8 Å². The van der Waals surface area contributed by atoms with Crippen molar-refractivity contribution < 1.29 is 13.9 Å². The molecule has 38 heavy (non-hydrogen) atoms. The van der Waals surface area contributed by atoms with Crippen LogP contribution in [0.3, 0.4) is 0 Å². The first-order valence-corrected chi connectivity index (χ1v) is 12.8. The number of anilines is 1. The Labute approximate surface area is 227 Å². The van der Waals surface area contributed by atoms with Crippen molar-refractivity contribution in [1.82, 2.24) is 15.2 Å². The molecule has 0 aliphatic rings. The van der Waals surface area contributed by atoms with Crippen molar-refractivity contribution in [3.8, 4) is 45.7 Å². The summed E-state index contributed by atoms with van der Waals surface area (Å²) in [5.74, 6) is 1.28. The quantitative estimate of drug-likeness (QED) is 0.211. The average Bonchev–Trinajstić information content (AvgIpc) is 3.57. The number of ether oxygens (including phenoxy) is 1. The van der Waals surface area contributed by atoms with E-state index in [2.05, 4.69) is 26.6 Å². The number of amides is 1. The first kappa shape index (κ1) is 25.1. The molecule has 0 atom stereocenters. The number of hydrogen-bond acceptors (Lipinski definition) is 7. The number of benzene rings is 3. The SMILES string of the molecule is COc1ccc(Cl)cc1-c1nc(SCC(=O)Nc2oc(-c3ccccc3)c(-c3ccccc3)c2C#N)n[nH]1. The Hall–Kier alpha value is -4.52. The first-order valence-electron chi connectivity index (χ1n) is 11.4. The molecular formula is C28H20ClN5O3S. The molecule has 0 saturated carbocycles. The average molecular weight is 542 g/mol. The molecule has 0 aliphatic heterocycles. The number of aromatic amines is 1. The molecule has 0 saturated heterocycles. The maximum Gasteiger partial charge on any atom is 0.237 e.